The monoisotopic (exact) mass is 402 g/mol. The molecule has 0 spiro atoms. The Morgan fingerprint density at radius 1 is 1.00 bits per heavy atom. The predicted octanol–water partition coefficient (Wildman–Crippen LogP) is 2.44. The molecule has 0 atom stereocenters. The van der Waals surface area contributed by atoms with Crippen LogP contribution in [0.4, 0.5) is 14.5 Å². The topological polar surface area (TPSA) is 92.8 Å². The molecule has 1 heterocycles. The lowest BCUT2D eigenvalue weighted by Gasteiger charge is -2.13. The second-order valence-electron chi connectivity index (χ2n) is 6.43. The van der Waals surface area contributed by atoms with Gasteiger partial charge in [-0.2, -0.15) is 0 Å². The third-order valence-corrected chi connectivity index (χ3v) is 4.18. The summed E-state index contributed by atoms with van der Waals surface area (Å²) in [6, 6.07) is 7.34. The van der Waals surface area contributed by atoms with E-state index in [1.165, 1.54) is 0 Å². The zero-order valence-corrected chi connectivity index (χ0v) is 15.3. The molecule has 1 aliphatic heterocycles. The van der Waals surface area contributed by atoms with Gasteiger partial charge in [0.2, 0.25) is 0 Å². The summed E-state index contributed by atoms with van der Waals surface area (Å²) in [5.41, 5.74) is 1.26. The number of carbonyl (C=O) groups excluding carboxylic acids is 4. The van der Waals surface area contributed by atoms with Crippen molar-refractivity contribution >= 4 is 29.4 Å². The number of benzene rings is 2. The van der Waals surface area contributed by atoms with E-state index in [-0.39, 0.29) is 29.8 Å². The fourth-order valence-corrected chi connectivity index (χ4v) is 2.85. The van der Waals surface area contributed by atoms with Crippen molar-refractivity contribution in [1.29, 1.82) is 0 Å². The number of halogens is 2. The Kier molecular flexibility index (Phi) is 5.67. The van der Waals surface area contributed by atoms with Gasteiger partial charge in [-0.1, -0.05) is 11.6 Å². The zero-order valence-electron chi connectivity index (χ0n) is 15.3. The molecule has 0 bridgehead atoms. The Morgan fingerprint density at radius 2 is 1.66 bits per heavy atom. The van der Waals surface area contributed by atoms with Crippen molar-refractivity contribution in [1.82, 2.24) is 4.90 Å². The van der Waals surface area contributed by atoms with Crippen molar-refractivity contribution in [2.45, 2.75) is 13.3 Å². The van der Waals surface area contributed by atoms with E-state index >= 15 is 0 Å². The van der Waals surface area contributed by atoms with Crippen molar-refractivity contribution in [2.24, 2.45) is 0 Å². The molecule has 150 valence electrons. The van der Waals surface area contributed by atoms with E-state index in [0.717, 1.165) is 22.6 Å². The third-order valence-electron chi connectivity index (χ3n) is 4.18. The van der Waals surface area contributed by atoms with E-state index in [1.54, 1.807) is 25.1 Å². The van der Waals surface area contributed by atoms with E-state index in [9.17, 15) is 28.0 Å². The first-order valence-corrected chi connectivity index (χ1v) is 8.63. The van der Waals surface area contributed by atoms with Crippen LogP contribution >= 0.6 is 0 Å². The first kappa shape index (κ1) is 20.1. The number of nitrogens with one attached hydrogen (secondary N) is 1. The Balaban J connectivity index is 1.48. The average Bonchev–Trinajstić information content (AvgIpc) is 2.87. The second kappa shape index (κ2) is 8.17. The highest BCUT2D eigenvalue weighted by molar-refractivity contribution is 6.21. The molecule has 29 heavy (non-hydrogen) atoms. The number of anilines is 1. The minimum atomic E-state index is -0.867. The number of amides is 3. The normalized spacial score (nSPS) is 12.7. The summed E-state index contributed by atoms with van der Waals surface area (Å²) in [5, 5.41) is 2.19. The van der Waals surface area contributed by atoms with E-state index < -0.39 is 41.9 Å². The van der Waals surface area contributed by atoms with Gasteiger partial charge in [0.1, 0.15) is 11.6 Å². The van der Waals surface area contributed by atoms with Gasteiger partial charge in [0.15, 0.2) is 6.61 Å². The van der Waals surface area contributed by atoms with Crippen LogP contribution in [0, 0.1) is 18.6 Å². The van der Waals surface area contributed by atoms with Gasteiger partial charge in [-0.3, -0.25) is 24.1 Å². The standard InChI is InChI=1S/C20H16F2N2O5/c1-11-2-3-15-16(6-11)20(28)24(19(15)27)5-4-18(26)29-10-17(25)23-14-8-12(21)7-13(22)9-14/h2-3,6-9H,4-5,10H2,1H3,(H,23,25). The van der Waals surface area contributed by atoms with E-state index in [0.29, 0.717) is 6.07 Å². The second-order valence-corrected chi connectivity index (χ2v) is 6.43. The van der Waals surface area contributed by atoms with Gasteiger partial charge in [0.05, 0.1) is 17.5 Å². The van der Waals surface area contributed by atoms with Crippen LogP contribution in [0.5, 0.6) is 0 Å². The van der Waals surface area contributed by atoms with Crippen LogP contribution in [-0.2, 0) is 14.3 Å². The average molecular weight is 402 g/mol. The van der Waals surface area contributed by atoms with Gasteiger partial charge >= 0.3 is 5.97 Å². The molecule has 3 amide bonds. The fourth-order valence-electron chi connectivity index (χ4n) is 2.85. The first-order chi connectivity index (χ1) is 13.7. The summed E-state index contributed by atoms with van der Waals surface area (Å²) in [6.45, 7) is 0.917. The van der Waals surface area contributed by atoms with Crippen LogP contribution in [0.2, 0.25) is 0 Å². The molecule has 0 aromatic heterocycles. The van der Waals surface area contributed by atoms with Gasteiger partial charge in [-0.05, 0) is 31.2 Å². The molecule has 0 unspecified atom stereocenters. The Labute approximate surface area is 164 Å². The number of nitrogens with zero attached hydrogens (tertiary/aromatic N) is 1. The van der Waals surface area contributed by atoms with E-state index in [4.69, 9.17) is 4.74 Å². The SMILES string of the molecule is Cc1ccc2c(c1)C(=O)N(CCC(=O)OCC(=O)Nc1cc(F)cc(F)c1)C2=O. The number of ether oxygens (including phenoxy) is 1. The Bertz CT molecular complexity index is 1000. The Hall–Kier alpha value is -3.62. The van der Waals surface area contributed by atoms with Gasteiger partial charge in [0.25, 0.3) is 17.7 Å². The van der Waals surface area contributed by atoms with Crippen molar-refractivity contribution in [3.05, 3.63) is 64.7 Å². The van der Waals surface area contributed by atoms with Crippen molar-refractivity contribution < 1.29 is 32.7 Å². The minimum Gasteiger partial charge on any atom is -0.456 e. The molecule has 9 heteroatoms. The first-order valence-electron chi connectivity index (χ1n) is 8.63. The molecule has 0 radical (unpaired) electrons. The highest BCUT2D eigenvalue weighted by Crippen LogP contribution is 2.24. The third kappa shape index (κ3) is 4.63. The van der Waals surface area contributed by atoms with Crippen LogP contribution in [0.15, 0.2) is 36.4 Å². The fraction of sp³-hybridized carbons (Fsp3) is 0.200. The van der Waals surface area contributed by atoms with Crippen LogP contribution in [0.3, 0.4) is 0 Å². The van der Waals surface area contributed by atoms with Gasteiger partial charge in [-0.15, -0.1) is 0 Å². The predicted molar refractivity (Wildman–Crippen MR) is 97.1 cm³/mol. The number of imide groups is 1. The highest BCUT2D eigenvalue weighted by Gasteiger charge is 2.35. The maximum Gasteiger partial charge on any atom is 0.308 e. The van der Waals surface area contributed by atoms with Gasteiger partial charge in [0, 0.05) is 18.3 Å². The summed E-state index contributed by atoms with van der Waals surface area (Å²) in [6.07, 6.45) is -0.299. The lowest BCUT2D eigenvalue weighted by atomic mass is 10.1. The highest BCUT2D eigenvalue weighted by atomic mass is 19.1. The van der Waals surface area contributed by atoms with Crippen LogP contribution < -0.4 is 5.32 Å². The lowest BCUT2D eigenvalue weighted by molar-refractivity contribution is -0.147. The van der Waals surface area contributed by atoms with E-state index in [1.807, 2.05) is 0 Å². The minimum absolute atomic E-state index is 0.120. The zero-order chi connectivity index (χ0) is 21.1. The summed E-state index contributed by atoms with van der Waals surface area (Å²) in [5.74, 6) is -4.32. The maximum atomic E-state index is 13.1. The lowest BCUT2D eigenvalue weighted by Crippen LogP contribution is -2.32. The largest absolute Gasteiger partial charge is 0.456 e. The molecular weight excluding hydrogens is 386 g/mol. The van der Waals surface area contributed by atoms with E-state index in [2.05, 4.69) is 5.32 Å². The molecule has 1 N–H and O–H groups in total. The number of rotatable bonds is 6. The summed E-state index contributed by atoms with van der Waals surface area (Å²) in [4.78, 5) is 49.1. The smallest absolute Gasteiger partial charge is 0.308 e. The van der Waals surface area contributed by atoms with Crippen LogP contribution in [0.25, 0.3) is 0 Å². The van der Waals surface area contributed by atoms with Crippen molar-refractivity contribution in [2.75, 3.05) is 18.5 Å². The van der Waals surface area contributed by atoms with Gasteiger partial charge in [-0.25, -0.2) is 8.78 Å². The van der Waals surface area contributed by atoms with Crippen LogP contribution in [0.1, 0.15) is 32.7 Å². The summed E-state index contributed by atoms with van der Waals surface area (Å²) < 4.78 is 31.0. The number of carbonyl (C=O) groups is 4. The summed E-state index contributed by atoms with van der Waals surface area (Å²) >= 11 is 0. The molecule has 2 aromatic rings. The molecule has 0 saturated carbocycles. The Morgan fingerprint density at radius 3 is 2.34 bits per heavy atom. The van der Waals surface area contributed by atoms with Crippen LogP contribution in [-0.4, -0.2) is 41.7 Å². The molecule has 1 aliphatic rings. The molecule has 0 fully saturated rings. The number of aryl methyl sites for hydroxylation is 1. The number of esters is 1. The number of hydrogen-bond acceptors (Lipinski definition) is 5. The van der Waals surface area contributed by atoms with Crippen molar-refractivity contribution in [3.63, 3.8) is 0 Å². The molecule has 3 rings (SSSR count). The van der Waals surface area contributed by atoms with Gasteiger partial charge < -0.3 is 10.1 Å². The van der Waals surface area contributed by atoms with Crippen molar-refractivity contribution in [3.8, 4) is 0 Å². The molecule has 0 saturated heterocycles. The summed E-state index contributed by atoms with van der Waals surface area (Å²) in [7, 11) is 0. The number of fused-ring (bicyclic) bond motifs is 1. The molecule has 2 aromatic carbocycles. The molecular formula is C20H16F2N2O5. The number of hydrogen-bond donors (Lipinski definition) is 1. The molecule has 7 nitrogen and oxygen atoms in total. The quantitative estimate of drug-likeness (QED) is 0.592. The maximum absolute atomic E-state index is 13.1. The molecule has 0 aliphatic carbocycles.